The predicted molar refractivity (Wildman–Crippen MR) is 110 cm³/mol. The Hall–Kier alpha value is -2.83. The molecule has 0 N–H and O–H groups in total. The normalized spacial score (nSPS) is 15.6. The summed E-state index contributed by atoms with van der Waals surface area (Å²) in [7, 11) is 0. The van der Waals surface area contributed by atoms with E-state index < -0.39 is 0 Å². The van der Waals surface area contributed by atoms with Crippen LogP contribution in [0.4, 0.5) is 0 Å². The van der Waals surface area contributed by atoms with Crippen LogP contribution in [0.2, 0.25) is 0 Å². The van der Waals surface area contributed by atoms with Gasteiger partial charge in [-0.15, -0.1) is 0 Å². The molecule has 0 saturated carbocycles. The number of hydrogen-bond acceptors (Lipinski definition) is 5. The van der Waals surface area contributed by atoms with Crippen molar-refractivity contribution in [3.8, 4) is 11.5 Å². The summed E-state index contributed by atoms with van der Waals surface area (Å²) >= 11 is 6.65. The molecule has 4 rings (SSSR count). The summed E-state index contributed by atoms with van der Waals surface area (Å²) in [5.74, 6) is 2.06. The Labute approximate surface area is 166 Å². The van der Waals surface area contributed by atoms with Gasteiger partial charge in [-0.1, -0.05) is 54.3 Å². The topological polar surface area (TPSA) is 42.7 Å². The lowest BCUT2D eigenvalue weighted by Gasteiger charge is -2.12. The highest BCUT2D eigenvalue weighted by atomic mass is 32.2. The summed E-state index contributed by atoms with van der Waals surface area (Å²) in [6.45, 7) is 0.339. The third kappa shape index (κ3) is 4.13. The number of nitrogens with zero attached hydrogens (tertiary/aromatic N) is 1. The Morgan fingerprint density at radius 3 is 2.63 bits per heavy atom. The lowest BCUT2D eigenvalue weighted by atomic mass is 10.2. The van der Waals surface area contributed by atoms with Crippen molar-refractivity contribution >= 4 is 40.3 Å². The average molecular weight is 393 g/mol. The third-order valence-electron chi connectivity index (χ3n) is 3.90. The van der Waals surface area contributed by atoms with E-state index in [0.717, 1.165) is 11.3 Å². The second kappa shape index (κ2) is 7.82. The van der Waals surface area contributed by atoms with Crippen LogP contribution in [0.25, 0.3) is 6.08 Å². The quantitative estimate of drug-likeness (QED) is 0.425. The van der Waals surface area contributed by atoms with Crippen LogP contribution in [0.5, 0.6) is 11.5 Å². The molecule has 0 bridgehead atoms. The lowest BCUT2D eigenvalue weighted by molar-refractivity contribution is -0.122. The van der Waals surface area contributed by atoms with Crippen molar-refractivity contribution < 1.29 is 13.9 Å². The van der Waals surface area contributed by atoms with Crippen molar-refractivity contribution in [3.63, 3.8) is 0 Å². The highest BCUT2D eigenvalue weighted by Gasteiger charge is 2.32. The lowest BCUT2D eigenvalue weighted by Crippen LogP contribution is -2.27. The Morgan fingerprint density at radius 1 is 1.04 bits per heavy atom. The predicted octanol–water partition coefficient (Wildman–Crippen LogP) is 5.47. The molecule has 2 heterocycles. The SMILES string of the molecule is O=C1/C(=C\c2cccc(Oc3ccccc3)c2)SC(=S)N1Cc1ccco1. The van der Waals surface area contributed by atoms with E-state index in [0.29, 0.717) is 27.3 Å². The molecule has 1 aromatic heterocycles. The number of ether oxygens (including phenoxy) is 1. The van der Waals surface area contributed by atoms with Gasteiger partial charge in [0.15, 0.2) is 0 Å². The summed E-state index contributed by atoms with van der Waals surface area (Å²) in [6.07, 6.45) is 3.42. The molecule has 0 atom stereocenters. The summed E-state index contributed by atoms with van der Waals surface area (Å²) in [4.78, 5) is 14.8. The maximum atomic E-state index is 12.7. The highest BCUT2D eigenvalue weighted by Crippen LogP contribution is 2.34. The highest BCUT2D eigenvalue weighted by molar-refractivity contribution is 8.26. The van der Waals surface area contributed by atoms with Gasteiger partial charge >= 0.3 is 0 Å². The molecular weight excluding hydrogens is 378 g/mol. The summed E-state index contributed by atoms with van der Waals surface area (Å²) < 4.78 is 11.7. The van der Waals surface area contributed by atoms with Crippen molar-refractivity contribution in [1.29, 1.82) is 0 Å². The van der Waals surface area contributed by atoms with E-state index in [4.69, 9.17) is 21.4 Å². The van der Waals surface area contributed by atoms with Crippen LogP contribution >= 0.6 is 24.0 Å². The number of para-hydroxylation sites is 1. The van der Waals surface area contributed by atoms with E-state index in [-0.39, 0.29) is 5.91 Å². The molecule has 6 heteroatoms. The number of hydrogen-bond donors (Lipinski definition) is 0. The fraction of sp³-hybridized carbons (Fsp3) is 0.0476. The van der Waals surface area contributed by atoms with Gasteiger partial charge in [0.2, 0.25) is 0 Å². The van der Waals surface area contributed by atoms with Crippen molar-refractivity contribution in [2.24, 2.45) is 0 Å². The molecule has 1 fully saturated rings. The molecule has 134 valence electrons. The molecule has 0 spiro atoms. The van der Waals surface area contributed by atoms with E-state index in [1.54, 1.807) is 17.2 Å². The van der Waals surface area contributed by atoms with Crippen LogP contribution in [0, 0.1) is 0 Å². The number of rotatable bonds is 5. The first-order chi connectivity index (χ1) is 13.2. The van der Waals surface area contributed by atoms with Gasteiger partial charge in [0.05, 0.1) is 17.7 Å². The van der Waals surface area contributed by atoms with Crippen LogP contribution in [0.1, 0.15) is 11.3 Å². The van der Waals surface area contributed by atoms with E-state index in [2.05, 4.69) is 0 Å². The first-order valence-electron chi connectivity index (χ1n) is 8.30. The van der Waals surface area contributed by atoms with Gasteiger partial charge in [-0.3, -0.25) is 9.69 Å². The zero-order chi connectivity index (χ0) is 18.6. The molecular formula is C21H15NO3S2. The van der Waals surface area contributed by atoms with Crippen molar-refractivity contribution in [2.75, 3.05) is 0 Å². The van der Waals surface area contributed by atoms with Gasteiger partial charge in [0, 0.05) is 0 Å². The fourth-order valence-corrected chi connectivity index (χ4v) is 3.89. The monoisotopic (exact) mass is 393 g/mol. The van der Waals surface area contributed by atoms with E-state index >= 15 is 0 Å². The van der Waals surface area contributed by atoms with Crippen molar-refractivity contribution in [3.05, 3.63) is 89.2 Å². The van der Waals surface area contributed by atoms with Gasteiger partial charge in [-0.25, -0.2) is 0 Å². The Bertz CT molecular complexity index is 997. The largest absolute Gasteiger partial charge is 0.467 e. The molecule has 0 unspecified atom stereocenters. The average Bonchev–Trinajstić information content (AvgIpc) is 3.27. The molecule has 1 saturated heterocycles. The van der Waals surface area contributed by atoms with Crippen LogP contribution in [-0.4, -0.2) is 15.1 Å². The van der Waals surface area contributed by atoms with Gasteiger partial charge in [-0.2, -0.15) is 0 Å². The smallest absolute Gasteiger partial charge is 0.266 e. The Morgan fingerprint density at radius 2 is 1.85 bits per heavy atom. The number of thioether (sulfide) groups is 1. The molecule has 1 aliphatic rings. The number of carbonyl (C=O) groups is 1. The molecule has 27 heavy (non-hydrogen) atoms. The molecule has 1 amide bonds. The van der Waals surface area contributed by atoms with Crippen molar-refractivity contribution in [1.82, 2.24) is 4.90 Å². The number of benzene rings is 2. The molecule has 2 aromatic carbocycles. The van der Waals surface area contributed by atoms with E-state index in [9.17, 15) is 4.79 Å². The number of thiocarbonyl (C=S) groups is 1. The zero-order valence-electron chi connectivity index (χ0n) is 14.2. The Kier molecular flexibility index (Phi) is 5.09. The minimum absolute atomic E-state index is 0.115. The fourth-order valence-electron chi connectivity index (χ4n) is 2.64. The zero-order valence-corrected chi connectivity index (χ0v) is 15.8. The number of carbonyl (C=O) groups excluding carboxylic acids is 1. The minimum Gasteiger partial charge on any atom is -0.467 e. The second-order valence-corrected chi connectivity index (χ2v) is 7.51. The molecule has 3 aromatic rings. The third-order valence-corrected chi connectivity index (χ3v) is 5.28. The van der Waals surface area contributed by atoms with Gasteiger partial charge in [0.1, 0.15) is 21.6 Å². The number of amides is 1. The number of furan rings is 1. The molecule has 0 radical (unpaired) electrons. The first kappa shape index (κ1) is 17.6. The molecule has 4 nitrogen and oxygen atoms in total. The summed E-state index contributed by atoms with van der Waals surface area (Å²) in [5.41, 5.74) is 0.877. The summed E-state index contributed by atoms with van der Waals surface area (Å²) in [5, 5.41) is 0. The van der Waals surface area contributed by atoms with Gasteiger partial charge < -0.3 is 9.15 Å². The van der Waals surface area contributed by atoms with Crippen LogP contribution in [-0.2, 0) is 11.3 Å². The minimum atomic E-state index is -0.115. The van der Waals surface area contributed by atoms with E-state index in [1.165, 1.54) is 11.8 Å². The first-order valence-corrected chi connectivity index (χ1v) is 9.52. The molecule has 0 aliphatic carbocycles. The summed E-state index contributed by atoms with van der Waals surface area (Å²) in [6, 6.07) is 20.8. The van der Waals surface area contributed by atoms with E-state index in [1.807, 2.05) is 66.7 Å². The second-order valence-electron chi connectivity index (χ2n) is 5.83. The van der Waals surface area contributed by atoms with Crippen LogP contribution in [0.3, 0.4) is 0 Å². The van der Waals surface area contributed by atoms with Gasteiger partial charge in [0.25, 0.3) is 5.91 Å². The van der Waals surface area contributed by atoms with Crippen LogP contribution < -0.4 is 4.74 Å². The molecule has 1 aliphatic heterocycles. The maximum Gasteiger partial charge on any atom is 0.266 e. The standard InChI is InChI=1S/C21H15NO3S2/c23-20-19(27-21(26)22(20)14-18-10-5-11-24-18)13-15-6-4-9-17(12-15)25-16-7-2-1-3-8-16/h1-13H,14H2/b19-13+. The van der Waals surface area contributed by atoms with Gasteiger partial charge in [-0.05, 0) is 48.0 Å². The van der Waals surface area contributed by atoms with Crippen LogP contribution in [0.15, 0.2) is 82.3 Å². The Balaban J connectivity index is 1.52. The van der Waals surface area contributed by atoms with Crippen molar-refractivity contribution in [2.45, 2.75) is 6.54 Å². The maximum absolute atomic E-state index is 12.7.